The van der Waals surface area contributed by atoms with E-state index in [9.17, 15) is 14.0 Å². The molecule has 136 valence electrons. The summed E-state index contributed by atoms with van der Waals surface area (Å²) in [4.78, 5) is 25.4. The number of rotatable bonds is 3. The summed E-state index contributed by atoms with van der Waals surface area (Å²) in [5.74, 6) is -0.957. The van der Waals surface area contributed by atoms with Crippen molar-refractivity contribution in [2.45, 2.75) is 26.2 Å². The molecule has 1 atom stereocenters. The van der Waals surface area contributed by atoms with E-state index in [0.717, 1.165) is 5.56 Å². The molecule has 5 nitrogen and oxygen atoms in total. The predicted molar refractivity (Wildman–Crippen MR) is 99.8 cm³/mol. The largest absolute Gasteiger partial charge is 0.310 e. The number of aryl methyl sites for hydroxylation is 2. The van der Waals surface area contributed by atoms with E-state index >= 15 is 0 Å². The Balaban J connectivity index is 1.82. The van der Waals surface area contributed by atoms with Crippen LogP contribution in [0.1, 0.15) is 39.5 Å². The van der Waals surface area contributed by atoms with Crippen molar-refractivity contribution in [2.75, 3.05) is 5.32 Å². The highest BCUT2D eigenvalue weighted by Crippen LogP contribution is 2.38. The number of anilines is 1. The zero-order valence-electron chi connectivity index (χ0n) is 15.0. The molecule has 0 bridgehead atoms. The molecule has 6 heteroatoms. The fraction of sp³-hybridized carbons (Fsp3) is 0.190. The molecular weight excluding hydrogens is 345 g/mol. The molecule has 0 saturated carbocycles. The minimum Gasteiger partial charge on any atom is -0.310 e. The highest BCUT2D eigenvalue weighted by atomic mass is 19.1. The summed E-state index contributed by atoms with van der Waals surface area (Å²) in [5, 5.41) is 7.26. The molecule has 4 rings (SSSR count). The maximum Gasteiger partial charge on any atom is 0.226 e. The van der Waals surface area contributed by atoms with Crippen LogP contribution in [0.4, 0.5) is 10.2 Å². The zero-order valence-corrected chi connectivity index (χ0v) is 15.0. The predicted octanol–water partition coefficient (Wildman–Crippen LogP) is 3.94. The van der Waals surface area contributed by atoms with E-state index in [-0.39, 0.29) is 18.1 Å². The van der Waals surface area contributed by atoms with E-state index in [4.69, 9.17) is 0 Å². The normalized spacial score (nSPS) is 16.0. The third-order valence-corrected chi connectivity index (χ3v) is 4.81. The van der Waals surface area contributed by atoms with Crippen LogP contribution in [0.5, 0.6) is 0 Å². The van der Waals surface area contributed by atoms with Gasteiger partial charge < -0.3 is 5.32 Å². The van der Waals surface area contributed by atoms with E-state index in [1.165, 1.54) is 16.8 Å². The van der Waals surface area contributed by atoms with Gasteiger partial charge in [0, 0.05) is 17.5 Å². The topological polar surface area (TPSA) is 64.0 Å². The van der Waals surface area contributed by atoms with Gasteiger partial charge in [0.05, 0.1) is 17.3 Å². The first kappa shape index (κ1) is 17.1. The van der Waals surface area contributed by atoms with Crippen molar-refractivity contribution < 1.29 is 14.0 Å². The number of hydrogen-bond acceptors (Lipinski definition) is 3. The lowest BCUT2D eigenvalue weighted by Gasteiger charge is -2.23. The Hall–Kier alpha value is -3.28. The van der Waals surface area contributed by atoms with Gasteiger partial charge in [-0.3, -0.25) is 9.59 Å². The molecule has 3 aromatic rings. The first-order chi connectivity index (χ1) is 12.9. The third kappa shape index (κ3) is 3.03. The van der Waals surface area contributed by atoms with Crippen LogP contribution in [0.3, 0.4) is 0 Å². The van der Waals surface area contributed by atoms with E-state index in [1.54, 1.807) is 31.2 Å². The number of aromatic nitrogens is 2. The lowest BCUT2D eigenvalue weighted by Crippen LogP contribution is -2.28. The quantitative estimate of drug-likeness (QED) is 0.717. The lowest BCUT2D eigenvalue weighted by atomic mass is 9.85. The molecule has 1 aromatic heterocycles. The van der Waals surface area contributed by atoms with Gasteiger partial charge in [0.2, 0.25) is 5.91 Å². The van der Waals surface area contributed by atoms with Crippen molar-refractivity contribution in [1.29, 1.82) is 0 Å². The molecule has 0 radical (unpaired) electrons. The molecule has 0 fully saturated rings. The maximum atomic E-state index is 13.6. The lowest BCUT2D eigenvalue weighted by molar-refractivity contribution is -0.116. The van der Waals surface area contributed by atoms with E-state index in [0.29, 0.717) is 28.3 Å². The van der Waals surface area contributed by atoms with Gasteiger partial charge in [-0.15, -0.1) is 0 Å². The van der Waals surface area contributed by atoms with Gasteiger partial charge >= 0.3 is 0 Å². The van der Waals surface area contributed by atoms with Crippen molar-refractivity contribution in [1.82, 2.24) is 9.78 Å². The first-order valence-electron chi connectivity index (χ1n) is 8.70. The number of benzene rings is 2. The summed E-state index contributed by atoms with van der Waals surface area (Å²) in [5.41, 5.74) is 3.43. The second-order valence-corrected chi connectivity index (χ2v) is 6.77. The van der Waals surface area contributed by atoms with Gasteiger partial charge in [0.1, 0.15) is 11.6 Å². The number of Topliss-reactive ketones (excluding diaryl/α,β-unsaturated/α-hetero) is 1. The summed E-state index contributed by atoms with van der Waals surface area (Å²) in [6, 6.07) is 13.3. The Morgan fingerprint density at radius 3 is 2.63 bits per heavy atom. The fourth-order valence-electron chi connectivity index (χ4n) is 3.48. The molecule has 27 heavy (non-hydrogen) atoms. The maximum absolute atomic E-state index is 13.6. The van der Waals surface area contributed by atoms with Crippen molar-refractivity contribution in [3.8, 4) is 5.69 Å². The highest BCUT2D eigenvalue weighted by Gasteiger charge is 2.36. The van der Waals surface area contributed by atoms with Crippen LogP contribution in [0.15, 0.2) is 48.5 Å². The summed E-state index contributed by atoms with van der Waals surface area (Å²) < 4.78 is 15.1. The van der Waals surface area contributed by atoms with Crippen LogP contribution in [-0.4, -0.2) is 21.5 Å². The van der Waals surface area contributed by atoms with Crippen molar-refractivity contribution >= 4 is 17.5 Å². The molecule has 2 heterocycles. The molecule has 1 unspecified atom stereocenters. The van der Waals surface area contributed by atoms with Crippen LogP contribution in [0.25, 0.3) is 5.69 Å². The summed E-state index contributed by atoms with van der Waals surface area (Å²) in [6.07, 6.45) is 0.0649. The second-order valence-electron chi connectivity index (χ2n) is 6.77. The van der Waals surface area contributed by atoms with E-state index < -0.39 is 11.7 Å². The molecule has 0 spiro atoms. The third-order valence-electron chi connectivity index (χ3n) is 4.81. The number of nitrogens with one attached hydrogen (secondary N) is 1. The number of halogens is 1. The van der Waals surface area contributed by atoms with Crippen LogP contribution in [-0.2, 0) is 4.79 Å². The van der Waals surface area contributed by atoms with E-state index in [2.05, 4.69) is 10.4 Å². The van der Waals surface area contributed by atoms with Crippen LogP contribution >= 0.6 is 0 Å². The SMILES string of the molecule is Cc1ccc(C(=O)C2CC(=O)Nc3c2c(C)nn3-c2cccc(F)c2)cc1. The first-order valence-corrected chi connectivity index (χ1v) is 8.70. The Morgan fingerprint density at radius 2 is 1.93 bits per heavy atom. The van der Waals surface area contributed by atoms with Gasteiger partial charge in [-0.25, -0.2) is 9.07 Å². The zero-order chi connectivity index (χ0) is 19.1. The van der Waals surface area contributed by atoms with Crippen molar-refractivity contribution in [2.24, 2.45) is 0 Å². The average molecular weight is 363 g/mol. The molecule has 2 aromatic carbocycles. The van der Waals surface area contributed by atoms with Crippen LogP contribution in [0, 0.1) is 19.7 Å². The van der Waals surface area contributed by atoms with Gasteiger partial charge in [0.15, 0.2) is 5.78 Å². The molecule has 0 saturated heterocycles. The van der Waals surface area contributed by atoms with Gasteiger partial charge in [-0.1, -0.05) is 35.9 Å². The molecule has 0 aliphatic carbocycles. The number of ketones is 1. The Labute approximate surface area is 155 Å². The summed E-state index contributed by atoms with van der Waals surface area (Å²) in [6.45, 7) is 3.75. The summed E-state index contributed by atoms with van der Waals surface area (Å²) >= 11 is 0. The highest BCUT2D eigenvalue weighted by molar-refractivity contribution is 6.08. The molecule has 1 aliphatic rings. The van der Waals surface area contributed by atoms with Crippen molar-refractivity contribution in [3.63, 3.8) is 0 Å². The van der Waals surface area contributed by atoms with Gasteiger partial charge in [-0.2, -0.15) is 5.10 Å². The van der Waals surface area contributed by atoms with Crippen molar-refractivity contribution in [3.05, 3.63) is 76.7 Å². The molecule has 1 N–H and O–H groups in total. The number of carbonyl (C=O) groups excluding carboxylic acids is 2. The standard InChI is InChI=1S/C21H18FN3O2/c1-12-6-8-14(9-7-12)20(27)17-11-18(26)23-21-19(17)13(2)24-25(21)16-5-3-4-15(22)10-16/h3-10,17H,11H2,1-2H3,(H,23,26). The number of hydrogen-bond donors (Lipinski definition) is 1. The molecule has 1 aliphatic heterocycles. The minimum absolute atomic E-state index is 0.0649. The number of amides is 1. The Bertz CT molecular complexity index is 1050. The number of carbonyl (C=O) groups is 2. The monoisotopic (exact) mass is 363 g/mol. The summed E-state index contributed by atoms with van der Waals surface area (Å²) in [7, 11) is 0. The second kappa shape index (κ2) is 6.46. The molecule has 1 amide bonds. The fourth-order valence-corrected chi connectivity index (χ4v) is 3.48. The Morgan fingerprint density at radius 1 is 1.19 bits per heavy atom. The van der Waals surface area contributed by atoms with Gasteiger partial charge in [0.25, 0.3) is 0 Å². The average Bonchev–Trinajstić information content (AvgIpc) is 2.97. The van der Waals surface area contributed by atoms with Crippen LogP contribution in [0.2, 0.25) is 0 Å². The number of fused-ring (bicyclic) bond motifs is 1. The smallest absolute Gasteiger partial charge is 0.226 e. The van der Waals surface area contributed by atoms with Crippen LogP contribution < -0.4 is 5.32 Å². The molecular formula is C21H18FN3O2. The minimum atomic E-state index is -0.612. The van der Waals surface area contributed by atoms with E-state index in [1.807, 2.05) is 19.1 Å². The number of nitrogens with zero attached hydrogens (tertiary/aromatic N) is 2. The Kier molecular flexibility index (Phi) is 4.11. The van der Waals surface area contributed by atoms with Gasteiger partial charge in [-0.05, 0) is 32.0 Å².